The second-order valence-corrected chi connectivity index (χ2v) is 4.14. The maximum absolute atomic E-state index is 10.8. The zero-order chi connectivity index (χ0) is 11.9. The molecule has 82 valence electrons. The number of nitrogens with zero attached hydrogens (tertiary/aromatic N) is 1. The molecule has 0 amide bonds. The summed E-state index contributed by atoms with van der Waals surface area (Å²) in [5.74, 6) is -1.11. The van der Waals surface area contributed by atoms with Crippen LogP contribution in [-0.4, -0.2) is 16.1 Å². The van der Waals surface area contributed by atoms with E-state index in [1.807, 2.05) is 6.92 Å². The normalized spacial score (nSPS) is 10.7. The maximum atomic E-state index is 10.8. The molecule has 0 saturated carbocycles. The van der Waals surface area contributed by atoms with Gasteiger partial charge in [0.2, 0.25) is 0 Å². The molecule has 0 fully saturated rings. The average molecular weight is 256 g/mol. The Kier molecular flexibility index (Phi) is 2.74. The maximum Gasteiger partial charge on any atom is 0.354 e. The van der Waals surface area contributed by atoms with Crippen LogP contribution in [0.5, 0.6) is 0 Å². The molecular formula is C11H7Cl2NO2. The molecule has 16 heavy (non-hydrogen) atoms. The van der Waals surface area contributed by atoms with E-state index >= 15 is 0 Å². The molecule has 0 unspecified atom stereocenters. The lowest BCUT2D eigenvalue weighted by atomic mass is 10.1. The first-order valence-corrected chi connectivity index (χ1v) is 5.25. The van der Waals surface area contributed by atoms with Gasteiger partial charge in [0.25, 0.3) is 0 Å². The van der Waals surface area contributed by atoms with Gasteiger partial charge in [0.15, 0.2) is 5.69 Å². The SMILES string of the molecule is Cc1c(Cl)ccc2c(Cl)nc(C(=O)O)cc12. The van der Waals surface area contributed by atoms with Crippen LogP contribution in [0.25, 0.3) is 10.8 Å². The standard InChI is InChI=1S/C11H7Cl2NO2/c1-5-7-4-9(11(15)16)14-10(13)6(7)2-3-8(5)12/h2-4H,1H3,(H,15,16). The van der Waals surface area contributed by atoms with Crippen LogP contribution in [0.4, 0.5) is 0 Å². The highest BCUT2D eigenvalue weighted by molar-refractivity contribution is 6.36. The van der Waals surface area contributed by atoms with Gasteiger partial charge in [0.05, 0.1) is 0 Å². The number of aromatic nitrogens is 1. The first-order chi connectivity index (χ1) is 7.50. The minimum atomic E-state index is -1.11. The summed E-state index contributed by atoms with van der Waals surface area (Å²) < 4.78 is 0. The first kappa shape index (κ1) is 11.2. The third-order valence-electron chi connectivity index (χ3n) is 2.39. The number of rotatable bonds is 1. The molecule has 3 nitrogen and oxygen atoms in total. The molecule has 1 N–H and O–H groups in total. The quantitative estimate of drug-likeness (QED) is 0.793. The predicted molar refractivity (Wildman–Crippen MR) is 63.5 cm³/mol. The minimum Gasteiger partial charge on any atom is -0.477 e. The van der Waals surface area contributed by atoms with Crippen LogP contribution in [0.15, 0.2) is 18.2 Å². The Morgan fingerprint density at radius 1 is 1.31 bits per heavy atom. The molecule has 0 saturated heterocycles. The van der Waals surface area contributed by atoms with Gasteiger partial charge in [-0.25, -0.2) is 9.78 Å². The van der Waals surface area contributed by atoms with E-state index < -0.39 is 5.97 Å². The lowest BCUT2D eigenvalue weighted by Gasteiger charge is -2.06. The third kappa shape index (κ3) is 1.72. The molecule has 2 aromatic rings. The summed E-state index contributed by atoms with van der Waals surface area (Å²) in [4.78, 5) is 14.6. The fourth-order valence-corrected chi connectivity index (χ4v) is 1.93. The molecule has 5 heteroatoms. The Bertz CT molecular complexity index is 596. The van der Waals surface area contributed by atoms with Crippen molar-refractivity contribution in [1.29, 1.82) is 0 Å². The van der Waals surface area contributed by atoms with E-state index in [4.69, 9.17) is 28.3 Å². The Balaban J connectivity index is 2.88. The lowest BCUT2D eigenvalue weighted by molar-refractivity contribution is 0.0691. The molecule has 1 aromatic carbocycles. The Labute approximate surface area is 102 Å². The van der Waals surface area contributed by atoms with Gasteiger partial charge < -0.3 is 5.11 Å². The zero-order valence-corrected chi connectivity index (χ0v) is 9.80. The van der Waals surface area contributed by atoms with Gasteiger partial charge in [0, 0.05) is 10.4 Å². The average Bonchev–Trinajstić information content (AvgIpc) is 2.23. The molecule has 2 rings (SSSR count). The molecular weight excluding hydrogens is 249 g/mol. The van der Waals surface area contributed by atoms with Crippen molar-refractivity contribution in [2.75, 3.05) is 0 Å². The van der Waals surface area contributed by atoms with Crippen molar-refractivity contribution in [2.24, 2.45) is 0 Å². The Hall–Kier alpha value is -1.32. The van der Waals surface area contributed by atoms with Crippen LogP contribution in [-0.2, 0) is 0 Å². The fourth-order valence-electron chi connectivity index (χ4n) is 1.51. The second-order valence-electron chi connectivity index (χ2n) is 3.37. The van der Waals surface area contributed by atoms with Gasteiger partial charge in [-0.15, -0.1) is 0 Å². The molecule has 1 aromatic heterocycles. The number of benzene rings is 1. The smallest absolute Gasteiger partial charge is 0.354 e. The van der Waals surface area contributed by atoms with Gasteiger partial charge >= 0.3 is 5.97 Å². The van der Waals surface area contributed by atoms with Crippen molar-refractivity contribution < 1.29 is 9.90 Å². The molecule has 0 atom stereocenters. The van der Waals surface area contributed by atoms with Crippen LogP contribution >= 0.6 is 23.2 Å². The monoisotopic (exact) mass is 255 g/mol. The highest BCUT2D eigenvalue weighted by Crippen LogP contribution is 2.29. The number of carbonyl (C=O) groups is 1. The highest BCUT2D eigenvalue weighted by Gasteiger charge is 2.12. The van der Waals surface area contributed by atoms with E-state index in [0.29, 0.717) is 15.8 Å². The van der Waals surface area contributed by atoms with Crippen molar-refractivity contribution in [3.05, 3.63) is 39.6 Å². The van der Waals surface area contributed by atoms with Gasteiger partial charge in [0.1, 0.15) is 5.15 Å². The summed E-state index contributed by atoms with van der Waals surface area (Å²) in [6, 6.07) is 4.92. The van der Waals surface area contributed by atoms with Crippen molar-refractivity contribution in [3.8, 4) is 0 Å². The molecule has 0 radical (unpaired) electrons. The number of fused-ring (bicyclic) bond motifs is 1. The van der Waals surface area contributed by atoms with Crippen molar-refractivity contribution in [2.45, 2.75) is 6.92 Å². The molecule has 1 heterocycles. The fraction of sp³-hybridized carbons (Fsp3) is 0.0909. The highest BCUT2D eigenvalue weighted by atomic mass is 35.5. The lowest BCUT2D eigenvalue weighted by Crippen LogP contribution is -2.01. The number of carboxylic acids is 1. The van der Waals surface area contributed by atoms with Crippen LogP contribution in [0.1, 0.15) is 16.1 Å². The van der Waals surface area contributed by atoms with E-state index in [1.165, 1.54) is 6.07 Å². The molecule has 0 aliphatic heterocycles. The molecule has 0 spiro atoms. The largest absolute Gasteiger partial charge is 0.477 e. The topological polar surface area (TPSA) is 50.2 Å². The number of hydrogen-bond donors (Lipinski definition) is 1. The minimum absolute atomic E-state index is 0.0807. The summed E-state index contributed by atoms with van der Waals surface area (Å²) in [7, 11) is 0. The van der Waals surface area contributed by atoms with Crippen LogP contribution < -0.4 is 0 Å². The van der Waals surface area contributed by atoms with Crippen LogP contribution in [0, 0.1) is 6.92 Å². The number of aryl methyl sites for hydroxylation is 1. The predicted octanol–water partition coefficient (Wildman–Crippen LogP) is 3.55. The van der Waals surface area contributed by atoms with Gasteiger partial charge in [-0.1, -0.05) is 23.2 Å². The number of halogens is 2. The van der Waals surface area contributed by atoms with E-state index in [2.05, 4.69) is 4.98 Å². The molecule has 0 bridgehead atoms. The molecule has 0 aliphatic carbocycles. The number of pyridine rings is 1. The van der Waals surface area contributed by atoms with E-state index in [9.17, 15) is 4.79 Å². The molecule has 0 aliphatic rings. The van der Waals surface area contributed by atoms with Crippen LogP contribution in [0.3, 0.4) is 0 Å². The summed E-state index contributed by atoms with van der Waals surface area (Å²) in [5, 5.41) is 11.0. The number of carboxylic acid groups (broad SMARTS) is 1. The van der Waals surface area contributed by atoms with E-state index in [1.54, 1.807) is 12.1 Å². The summed E-state index contributed by atoms with van der Waals surface area (Å²) in [6.07, 6.45) is 0. The van der Waals surface area contributed by atoms with Gasteiger partial charge in [-0.3, -0.25) is 0 Å². The zero-order valence-electron chi connectivity index (χ0n) is 8.29. The van der Waals surface area contributed by atoms with Crippen molar-refractivity contribution in [1.82, 2.24) is 4.98 Å². The summed E-state index contributed by atoms with van der Waals surface area (Å²) >= 11 is 11.9. The number of hydrogen-bond acceptors (Lipinski definition) is 2. The van der Waals surface area contributed by atoms with E-state index in [-0.39, 0.29) is 10.8 Å². The van der Waals surface area contributed by atoms with Gasteiger partial charge in [-0.2, -0.15) is 0 Å². The summed E-state index contributed by atoms with van der Waals surface area (Å²) in [6.45, 7) is 1.81. The van der Waals surface area contributed by atoms with E-state index in [0.717, 1.165) is 5.56 Å². The third-order valence-corrected chi connectivity index (χ3v) is 3.09. The summed E-state index contributed by atoms with van der Waals surface area (Å²) in [5.41, 5.74) is 0.717. The van der Waals surface area contributed by atoms with Crippen molar-refractivity contribution in [3.63, 3.8) is 0 Å². The Morgan fingerprint density at radius 3 is 2.62 bits per heavy atom. The first-order valence-electron chi connectivity index (χ1n) is 4.49. The van der Waals surface area contributed by atoms with Crippen molar-refractivity contribution >= 4 is 39.9 Å². The second kappa shape index (κ2) is 3.92. The number of aromatic carboxylic acids is 1. The van der Waals surface area contributed by atoms with Gasteiger partial charge in [-0.05, 0) is 36.1 Å². The van der Waals surface area contributed by atoms with Crippen LogP contribution in [0.2, 0.25) is 10.2 Å². The Morgan fingerprint density at radius 2 is 2.00 bits per heavy atom.